The molecule has 2 aliphatic rings. The number of benzene rings is 1. The minimum absolute atomic E-state index is 0.129. The summed E-state index contributed by atoms with van der Waals surface area (Å²) in [5.41, 5.74) is 0.472. The van der Waals surface area contributed by atoms with Gasteiger partial charge in [0.1, 0.15) is 17.9 Å². The van der Waals surface area contributed by atoms with Crippen LogP contribution in [-0.4, -0.2) is 53.3 Å². The zero-order valence-corrected chi connectivity index (χ0v) is 18.3. The lowest BCUT2D eigenvalue weighted by molar-refractivity contribution is -0.134. The molecule has 0 unspecified atom stereocenters. The number of carbonyl (C=O) groups is 3. The van der Waals surface area contributed by atoms with Gasteiger partial charge in [0.05, 0.1) is 0 Å². The van der Waals surface area contributed by atoms with Gasteiger partial charge in [-0.05, 0) is 55.0 Å². The molecule has 7 nitrogen and oxygen atoms in total. The summed E-state index contributed by atoms with van der Waals surface area (Å²) in [6.45, 7) is 5.47. The zero-order valence-electron chi connectivity index (χ0n) is 17.5. The summed E-state index contributed by atoms with van der Waals surface area (Å²) in [5.74, 6) is -1.36. The van der Waals surface area contributed by atoms with E-state index in [4.69, 9.17) is 0 Å². The first-order valence-corrected chi connectivity index (χ1v) is 11.1. The Balaban J connectivity index is 1.32. The number of thiophene rings is 1. The van der Waals surface area contributed by atoms with Crippen molar-refractivity contribution in [2.24, 2.45) is 0 Å². The summed E-state index contributed by atoms with van der Waals surface area (Å²) in [6.07, 6.45) is 1.01. The van der Waals surface area contributed by atoms with Crippen molar-refractivity contribution in [3.8, 4) is 0 Å². The molecule has 31 heavy (non-hydrogen) atoms. The smallest absolute Gasteiger partial charge is 0.325 e. The Morgan fingerprint density at radius 1 is 1.29 bits per heavy atom. The summed E-state index contributed by atoms with van der Waals surface area (Å²) in [4.78, 5) is 42.4. The number of halogens is 1. The van der Waals surface area contributed by atoms with E-state index in [9.17, 15) is 18.8 Å². The minimum atomic E-state index is -1.33. The molecular formula is C22H25FN4O3S. The topological polar surface area (TPSA) is 81.8 Å². The maximum atomic E-state index is 13.2. The van der Waals surface area contributed by atoms with Gasteiger partial charge in [0.2, 0.25) is 5.91 Å². The van der Waals surface area contributed by atoms with E-state index in [0.29, 0.717) is 12.1 Å². The molecule has 2 aromatic rings. The average Bonchev–Trinajstić information content (AvgIpc) is 3.30. The molecule has 0 radical (unpaired) electrons. The summed E-state index contributed by atoms with van der Waals surface area (Å²) < 4.78 is 13.2. The molecule has 164 valence electrons. The second-order valence-electron chi connectivity index (χ2n) is 8.20. The van der Waals surface area contributed by atoms with E-state index in [1.54, 1.807) is 18.3 Å². The van der Waals surface area contributed by atoms with E-state index < -0.39 is 29.2 Å². The van der Waals surface area contributed by atoms with Crippen LogP contribution in [0.4, 0.5) is 9.18 Å². The monoisotopic (exact) mass is 444 g/mol. The molecule has 2 aliphatic heterocycles. The molecule has 1 aromatic carbocycles. The number of imide groups is 1. The third kappa shape index (κ3) is 4.20. The largest absolute Gasteiger partial charge is 0.353 e. The molecule has 0 aliphatic carbocycles. The van der Waals surface area contributed by atoms with Crippen molar-refractivity contribution in [2.75, 3.05) is 19.6 Å². The van der Waals surface area contributed by atoms with Crippen molar-refractivity contribution < 1.29 is 18.8 Å². The van der Waals surface area contributed by atoms with Gasteiger partial charge in [-0.1, -0.05) is 12.1 Å². The fraction of sp³-hybridized carbons (Fsp3) is 0.409. The lowest BCUT2D eigenvalue weighted by atomic mass is 9.92. The van der Waals surface area contributed by atoms with E-state index in [0.717, 1.165) is 24.4 Å². The van der Waals surface area contributed by atoms with Gasteiger partial charge in [-0.3, -0.25) is 19.4 Å². The standard InChI is InChI=1S/C22H25FN4O3S/c1-14(26-9-7-18-15(12-26)8-10-31-18)11-24-19(28)13-27-20(29)22(2,25-21(27)30)16-3-5-17(23)6-4-16/h3-6,8,10,14H,7,9,11-13H2,1-2H3,(H,24,28)(H,25,30)/t14-,22-/m1/s1. The summed E-state index contributed by atoms with van der Waals surface area (Å²) >= 11 is 1.78. The van der Waals surface area contributed by atoms with Crippen LogP contribution in [0.3, 0.4) is 0 Å². The molecule has 4 rings (SSSR count). The predicted octanol–water partition coefficient (Wildman–Crippen LogP) is 2.22. The molecule has 0 spiro atoms. The molecule has 0 bridgehead atoms. The second kappa shape index (κ2) is 8.39. The minimum Gasteiger partial charge on any atom is -0.353 e. The molecular weight excluding hydrogens is 419 g/mol. The van der Waals surface area contributed by atoms with Crippen LogP contribution in [0.15, 0.2) is 35.7 Å². The molecule has 3 heterocycles. The number of hydrogen-bond acceptors (Lipinski definition) is 5. The van der Waals surface area contributed by atoms with Gasteiger partial charge in [-0.2, -0.15) is 0 Å². The molecule has 0 saturated carbocycles. The molecule has 9 heteroatoms. The molecule has 4 amide bonds. The van der Waals surface area contributed by atoms with E-state index >= 15 is 0 Å². The molecule has 2 atom stereocenters. The van der Waals surface area contributed by atoms with Gasteiger partial charge in [0.15, 0.2) is 0 Å². The van der Waals surface area contributed by atoms with Crippen molar-refractivity contribution in [3.05, 3.63) is 57.5 Å². The molecule has 2 N–H and O–H groups in total. The van der Waals surface area contributed by atoms with Crippen molar-refractivity contribution in [1.82, 2.24) is 20.4 Å². The van der Waals surface area contributed by atoms with Crippen LogP contribution in [0.5, 0.6) is 0 Å². The maximum absolute atomic E-state index is 13.2. The van der Waals surface area contributed by atoms with Crippen molar-refractivity contribution in [3.63, 3.8) is 0 Å². The lowest BCUT2D eigenvalue weighted by Crippen LogP contribution is -2.47. The van der Waals surface area contributed by atoms with Crippen molar-refractivity contribution in [1.29, 1.82) is 0 Å². The number of urea groups is 1. The first-order valence-electron chi connectivity index (χ1n) is 10.2. The van der Waals surface area contributed by atoms with Gasteiger partial charge in [0, 0.05) is 30.6 Å². The summed E-state index contributed by atoms with van der Waals surface area (Å²) in [6, 6.07) is 7.01. The second-order valence-corrected chi connectivity index (χ2v) is 9.20. The van der Waals surface area contributed by atoms with Crippen LogP contribution in [0.25, 0.3) is 0 Å². The predicted molar refractivity (Wildman–Crippen MR) is 115 cm³/mol. The van der Waals surface area contributed by atoms with Crippen molar-refractivity contribution >= 4 is 29.2 Å². The van der Waals surface area contributed by atoms with Crippen LogP contribution in [0.1, 0.15) is 29.9 Å². The third-order valence-electron chi connectivity index (χ3n) is 6.05. The van der Waals surface area contributed by atoms with Gasteiger partial charge >= 0.3 is 6.03 Å². The Labute approximate surface area is 184 Å². The van der Waals surface area contributed by atoms with Gasteiger partial charge in [-0.25, -0.2) is 9.18 Å². The highest BCUT2D eigenvalue weighted by molar-refractivity contribution is 7.10. The molecule has 1 saturated heterocycles. The maximum Gasteiger partial charge on any atom is 0.325 e. The van der Waals surface area contributed by atoms with Crippen LogP contribution < -0.4 is 10.6 Å². The number of nitrogens with zero attached hydrogens (tertiary/aromatic N) is 2. The summed E-state index contributed by atoms with van der Waals surface area (Å²) in [7, 11) is 0. The Bertz CT molecular complexity index is 1010. The molecule has 1 aromatic heterocycles. The first-order chi connectivity index (χ1) is 14.8. The highest BCUT2D eigenvalue weighted by Gasteiger charge is 2.49. The van der Waals surface area contributed by atoms with E-state index in [1.165, 1.54) is 34.7 Å². The Morgan fingerprint density at radius 3 is 2.77 bits per heavy atom. The zero-order chi connectivity index (χ0) is 22.2. The van der Waals surface area contributed by atoms with E-state index in [1.807, 2.05) is 0 Å². The van der Waals surface area contributed by atoms with Crippen LogP contribution in [0.2, 0.25) is 0 Å². The Hall–Kier alpha value is -2.78. The fourth-order valence-corrected chi connectivity index (χ4v) is 4.95. The van der Waals surface area contributed by atoms with Gasteiger partial charge in [0.25, 0.3) is 5.91 Å². The third-order valence-corrected chi connectivity index (χ3v) is 7.08. The SMILES string of the molecule is C[C@H](CNC(=O)CN1C(=O)N[C@](C)(c2ccc(F)cc2)C1=O)N1CCc2sccc2C1. The number of fused-ring (bicyclic) bond motifs is 1. The van der Waals surface area contributed by atoms with Gasteiger partial charge < -0.3 is 10.6 Å². The van der Waals surface area contributed by atoms with E-state index in [2.05, 4.69) is 33.9 Å². The molecule has 1 fully saturated rings. The Morgan fingerprint density at radius 2 is 2.03 bits per heavy atom. The normalized spacial score (nSPS) is 22.2. The fourth-order valence-electron chi connectivity index (χ4n) is 4.06. The number of hydrogen-bond donors (Lipinski definition) is 2. The van der Waals surface area contributed by atoms with Crippen LogP contribution in [0, 0.1) is 5.82 Å². The van der Waals surface area contributed by atoms with E-state index in [-0.39, 0.29) is 12.6 Å². The number of carbonyl (C=O) groups excluding carboxylic acids is 3. The Kier molecular flexibility index (Phi) is 5.81. The number of amides is 4. The van der Waals surface area contributed by atoms with Gasteiger partial charge in [-0.15, -0.1) is 11.3 Å². The first kappa shape index (κ1) is 21.5. The highest BCUT2D eigenvalue weighted by atomic mass is 32.1. The number of nitrogens with one attached hydrogen (secondary N) is 2. The summed E-state index contributed by atoms with van der Waals surface area (Å²) in [5, 5.41) is 7.57. The van der Waals surface area contributed by atoms with Crippen LogP contribution in [-0.2, 0) is 28.1 Å². The average molecular weight is 445 g/mol. The quantitative estimate of drug-likeness (QED) is 0.670. The number of rotatable bonds is 6. The van der Waals surface area contributed by atoms with Crippen molar-refractivity contribution in [2.45, 2.75) is 38.4 Å². The highest BCUT2D eigenvalue weighted by Crippen LogP contribution is 2.29. The lowest BCUT2D eigenvalue weighted by Gasteiger charge is -2.32. The van der Waals surface area contributed by atoms with Crippen LogP contribution >= 0.6 is 11.3 Å².